The van der Waals surface area contributed by atoms with Crippen molar-refractivity contribution in [2.24, 2.45) is 5.41 Å². The predicted octanol–water partition coefficient (Wildman–Crippen LogP) is 2.43. The highest BCUT2D eigenvalue weighted by atomic mass is 16.5. The third-order valence-electron chi connectivity index (χ3n) is 4.74. The van der Waals surface area contributed by atoms with Crippen LogP contribution in [0.3, 0.4) is 0 Å². The molecule has 1 aliphatic heterocycles. The SMILES string of the molecule is COc1cc(NC(=O)CCNC(=O)C(C)(C)C)c(C(=O)N2CCCC2)cc1OC. The number of anilines is 1. The van der Waals surface area contributed by atoms with E-state index in [0.29, 0.717) is 35.8 Å². The number of carbonyl (C=O) groups excluding carboxylic acids is 3. The van der Waals surface area contributed by atoms with Gasteiger partial charge in [-0.25, -0.2) is 0 Å². The Morgan fingerprint density at radius 3 is 2.17 bits per heavy atom. The van der Waals surface area contributed by atoms with Crippen molar-refractivity contribution in [2.75, 3.05) is 39.2 Å². The monoisotopic (exact) mass is 405 g/mol. The van der Waals surface area contributed by atoms with Crippen LogP contribution in [0.5, 0.6) is 11.5 Å². The molecule has 1 saturated heterocycles. The second kappa shape index (κ2) is 9.62. The lowest BCUT2D eigenvalue weighted by molar-refractivity contribution is -0.128. The van der Waals surface area contributed by atoms with Crippen LogP contribution in [0.25, 0.3) is 0 Å². The summed E-state index contributed by atoms with van der Waals surface area (Å²) in [5, 5.41) is 5.52. The van der Waals surface area contributed by atoms with Gasteiger partial charge in [-0.3, -0.25) is 14.4 Å². The van der Waals surface area contributed by atoms with Crippen LogP contribution in [0.2, 0.25) is 0 Å². The average molecular weight is 405 g/mol. The summed E-state index contributed by atoms with van der Waals surface area (Å²) < 4.78 is 10.6. The number of nitrogens with zero attached hydrogens (tertiary/aromatic N) is 1. The van der Waals surface area contributed by atoms with E-state index in [9.17, 15) is 14.4 Å². The minimum absolute atomic E-state index is 0.0908. The Balaban J connectivity index is 2.15. The third kappa shape index (κ3) is 5.85. The molecule has 0 aliphatic carbocycles. The molecule has 0 saturated carbocycles. The molecule has 3 amide bonds. The van der Waals surface area contributed by atoms with Crippen LogP contribution in [0.1, 0.15) is 50.4 Å². The molecule has 0 radical (unpaired) electrons. The van der Waals surface area contributed by atoms with E-state index in [2.05, 4.69) is 10.6 Å². The van der Waals surface area contributed by atoms with Gasteiger partial charge in [0.25, 0.3) is 5.91 Å². The molecular formula is C21H31N3O5. The Bertz CT molecular complexity index is 764. The highest BCUT2D eigenvalue weighted by Crippen LogP contribution is 2.34. The molecule has 0 unspecified atom stereocenters. The molecule has 8 nitrogen and oxygen atoms in total. The van der Waals surface area contributed by atoms with Crippen molar-refractivity contribution in [1.82, 2.24) is 10.2 Å². The Hall–Kier alpha value is -2.77. The maximum absolute atomic E-state index is 13.0. The Kier molecular flexibility index (Phi) is 7.47. The molecule has 8 heteroatoms. The van der Waals surface area contributed by atoms with Gasteiger partial charge in [0.2, 0.25) is 11.8 Å². The summed E-state index contributed by atoms with van der Waals surface area (Å²) in [6, 6.07) is 3.18. The van der Waals surface area contributed by atoms with Crippen molar-refractivity contribution < 1.29 is 23.9 Å². The number of hydrogen-bond donors (Lipinski definition) is 2. The van der Waals surface area contributed by atoms with Crippen LogP contribution in [-0.2, 0) is 9.59 Å². The van der Waals surface area contributed by atoms with Gasteiger partial charge in [0, 0.05) is 37.5 Å². The van der Waals surface area contributed by atoms with Crippen LogP contribution in [0, 0.1) is 5.41 Å². The quantitative estimate of drug-likeness (QED) is 0.726. The fourth-order valence-corrected chi connectivity index (χ4v) is 3.02. The highest BCUT2D eigenvalue weighted by molar-refractivity contribution is 6.04. The number of ether oxygens (including phenoxy) is 2. The lowest BCUT2D eigenvalue weighted by Crippen LogP contribution is -2.36. The minimum atomic E-state index is -0.519. The van der Waals surface area contributed by atoms with Gasteiger partial charge in [-0.1, -0.05) is 20.8 Å². The number of nitrogens with one attached hydrogen (secondary N) is 2. The van der Waals surface area contributed by atoms with Crippen molar-refractivity contribution in [3.05, 3.63) is 17.7 Å². The van der Waals surface area contributed by atoms with E-state index in [0.717, 1.165) is 12.8 Å². The van der Waals surface area contributed by atoms with Gasteiger partial charge in [0.05, 0.1) is 25.5 Å². The van der Waals surface area contributed by atoms with Crippen LogP contribution < -0.4 is 20.1 Å². The summed E-state index contributed by atoms with van der Waals surface area (Å²) >= 11 is 0. The van der Waals surface area contributed by atoms with E-state index in [1.165, 1.54) is 14.2 Å². The Morgan fingerprint density at radius 2 is 1.62 bits per heavy atom. The molecule has 0 spiro atoms. The van der Waals surface area contributed by atoms with Crippen molar-refractivity contribution in [1.29, 1.82) is 0 Å². The summed E-state index contributed by atoms with van der Waals surface area (Å²) in [6.07, 6.45) is 2.02. The Morgan fingerprint density at radius 1 is 1.03 bits per heavy atom. The molecule has 160 valence electrons. The van der Waals surface area contributed by atoms with E-state index < -0.39 is 5.41 Å². The molecule has 1 aromatic rings. The first-order valence-electron chi connectivity index (χ1n) is 9.80. The fourth-order valence-electron chi connectivity index (χ4n) is 3.02. The van der Waals surface area contributed by atoms with E-state index in [1.807, 2.05) is 20.8 Å². The van der Waals surface area contributed by atoms with Gasteiger partial charge in [-0.05, 0) is 18.9 Å². The van der Waals surface area contributed by atoms with Gasteiger partial charge < -0.3 is 25.0 Å². The van der Waals surface area contributed by atoms with Crippen molar-refractivity contribution in [3.63, 3.8) is 0 Å². The highest BCUT2D eigenvalue weighted by Gasteiger charge is 2.25. The zero-order valence-electron chi connectivity index (χ0n) is 17.9. The first-order chi connectivity index (χ1) is 13.7. The molecule has 2 rings (SSSR count). The second-order valence-corrected chi connectivity index (χ2v) is 8.06. The molecule has 0 atom stereocenters. The van der Waals surface area contributed by atoms with E-state index in [1.54, 1.807) is 17.0 Å². The molecule has 1 aromatic carbocycles. The molecule has 2 N–H and O–H groups in total. The summed E-state index contributed by atoms with van der Waals surface area (Å²) in [5.41, 5.74) is 0.207. The third-order valence-corrected chi connectivity index (χ3v) is 4.74. The zero-order chi connectivity index (χ0) is 21.6. The van der Waals surface area contributed by atoms with E-state index in [4.69, 9.17) is 9.47 Å². The van der Waals surface area contributed by atoms with Crippen LogP contribution in [0.4, 0.5) is 5.69 Å². The number of methoxy groups -OCH3 is 2. The standard InChI is InChI=1S/C21H31N3O5/c1-21(2,3)20(27)22-9-8-18(25)23-15-13-17(29-5)16(28-4)12-14(15)19(26)24-10-6-7-11-24/h12-13H,6-11H2,1-5H3,(H,22,27)(H,23,25). The largest absolute Gasteiger partial charge is 0.493 e. The molecule has 1 heterocycles. The smallest absolute Gasteiger partial charge is 0.256 e. The minimum Gasteiger partial charge on any atom is -0.493 e. The summed E-state index contributed by atoms with van der Waals surface area (Å²) in [5.74, 6) is 0.260. The maximum Gasteiger partial charge on any atom is 0.256 e. The molecular weight excluding hydrogens is 374 g/mol. The van der Waals surface area contributed by atoms with Crippen LogP contribution in [-0.4, -0.2) is 56.5 Å². The fraction of sp³-hybridized carbons (Fsp3) is 0.571. The number of hydrogen-bond acceptors (Lipinski definition) is 5. The molecule has 29 heavy (non-hydrogen) atoms. The number of likely N-dealkylation sites (tertiary alicyclic amines) is 1. The van der Waals surface area contributed by atoms with Gasteiger partial charge in [0.15, 0.2) is 11.5 Å². The van der Waals surface area contributed by atoms with Gasteiger partial charge in [-0.2, -0.15) is 0 Å². The summed E-state index contributed by atoms with van der Waals surface area (Å²) in [4.78, 5) is 39.1. The Labute approximate surface area is 171 Å². The second-order valence-electron chi connectivity index (χ2n) is 8.06. The first-order valence-corrected chi connectivity index (χ1v) is 9.80. The van der Waals surface area contributed by atoms with Crippen LogP contribution in [0.15, 0.2) is 12.1 Å². The molecule has 0 bridgehead atoms. The molecule has 0 aromatic heterocycles. The van der Waals surface area contributed by atoms with Gasteiger partial charge >= 0.3 is 0 Å². The van der Waals surface area contributed by atoms with Crippen molar-refractivity contribution in [3.8, 4) is 11.5 Å². The maximum atomic E-state index is 13.0. The number of benzene rings is 1. The number of rotatable bonds is 7. The predicted molar refractivity (Wildman–Crippen MR) is 110 cm³/mol. The van der Waals surface area contributed by atoms with Crippen LogP contribution >= 0.6 is 0 Å². The topological polar surface area (TPSA) is 97.0 Å². The van der Waals surface area contributed by atoms with E-state index in [-0.39, 0.29) is 30.7 Å². The average Bonchev–Trinajstić information content (AvgIpc) is 3.21. The lowest BCUT2D eigenvalue weighted by atomic mass is 9.96. The summed E-state index contributed by atoms with van der Waals surface area (Å²) in [7, 11) is 2.99. The van der Waals surface area contributed by atoms with Gasteiger partial charge in [0.1, 0.15) is 0 Å². The zero-order valence-corrected chi connectivity index (χ0v) is 17.9. The van der Waals surface area contributed by atoms with Crippen molar-refractivity contribution in [2.45, 2.75) is 40.0 Å². The van der Waals surface area contributed by atoms with Gasteiger partial charge in [-0.15, -0.1) is 0 Å². The lowest BCUT2D eigenvalue weighted by Gasteiger charge is -2.20. The molecule has 1 aliphatic rings. The molecule has 1 fully saturated rings. The van der Waals surface area contributed by atoms with E-state index >= 15 is 0 Å². The summed E-state index contributed by atoms with van der Waals surface area (Å²) in [6.45, 7) is 7.02. The number of amides is 3. The number of carbonyl (C=O) groups is 3. The first kappa shape index (κ1) is 22.5. The normalized spacial score (nSPS) is 13.8. The van der Waals surface area contributed by atoms with Crippen molar-refractivity contribution >= 4 is 23.4 Å².